The van der Waals surface area contributed by atoms with Crippen LogP contribution in [0.25, 0.3) is 0 Å². The molecule has 3 aliphatic heterocycles. The number of aromatic nitrogens is 1. The van der Waals surface area contributed by atoms with Gasteiger partial charge in [0.15, 0.2) is 0 Å². The highest BCUT2D eigenvalue weighted by Gasteiger charge is 2.35. The van der Waals surface area contributed by atoms with Crippen LogP contribution in [0.1, 0.15) is 50.1 Å². The van der Waals surface area contributed by atoms with Crippen LogP contribution in [0, 0.1) is 5.92 Å². The average Bonchev–Trinajstić information content (AvgIpc) is 3.13. The molecule has 3 unspecified atom stereocenters. The molecule has 136 valence electrons. The molecule has 6 heteroatoms. The van der Waals surface area contributed by atoms with E-state index in [1.165, 1.54) is 25.0 Å². The van der Waals surface area contributed by atoms with Crippen LogP contribution < -0.4 is 5.56 Å². The summed E-state index contributed by atoms with van der Waals surface area (Å²) < 4.78 is 1.93. The number of nitrogens with zero attached hydrogens (tertiary/aromatic N) is 2. The third-order valence-corrected chi connectivity index (χ3v) is 8.73. The number of amides is 1. The van der Waals surface area contributed by atoms with Gasteiger partial charge in [-0.25, -0.2) is 0 Å². The second-order valence-corrected chi connectivity index (χ2v) is 10.4. The molecule has 1 amide bonds. The van der Waals surface area contributed by atoms with Crippen molar-refractivity contribution in [3.63, 3.8) is 0 Å². The molecule has 2 bridgehead atoms. The summed E-state index contributed by atoms with van der Waals surface area (Å²) in [6, 6.07) is 5.57. The third-order valence-electron chi connectivity index (χ3n) is 5.73. The van der Waals surface area contributed by atoms with Crippen molar-refractivity contribution in [3.05, 3.63) is 34.2 Å². The van der Waals surface area contributed by atoms with Gasteiger partial charge in [-0.15, -0.1) is 0 Å². The van der Waals surface area contributed by atoms with Crippen LogP contribution in [-0.4, -0.2) is 39.5 Å². The predicted octanol–water partition coefficient (Wildman–Crippen LogP) is 3.51. The Bertz CT molecular complexity index is 684. The van der Waals surface area contributed by atoms with E-state index in [-0.39, 0.29) is 5.56 Å². The van der Waals surface area contributed by atoms with Crippen molar-refractivity contribution in [2.75, 3.05) is 18.8 Å². The molecule has 3 atom stereocenters. The number of unbranched alkanes of at least 4 members (excludes halogenated alkanes) is 1. The lowest BCUT2D eigenvalue weighted by Gasteiger charge is -2.42. The molecule has 4 rings (SSSR count). The summed E-state index contributed by atoms with van der Waals surface area (Å²) in [5.74, 6) is 2.37. The van der Waals surface area contributed by atoms with Crippen molar-refractivity contribution < 1.29 is 4.79 Å². The van der Waals surface area contributed by atoms with Crippen molar-refractivity contribution in [3.8, 4) is 0 Å². The molecule has 0 radical (unpaired) electrons. The first-order valence-electron chi connectivity index (χ1n) is 9.46. The van der Waals surface area contributed by atoms with Crippen molar-refractivity contribution in [2.24, 2.45) is 5.92 Å². The third kappa shape index (κ3) is 3.95. The van der Waals surface area contributed by atoms with Gasteiger partial charge in [0.25, 0.3) is 5.56 Å². The summed E-state index contributed by atoms with van der Waals surface area (Å²) in [6.07, 6.45) is 6.57. The highest BCUT2D eigenvalue weighted by molar-refractivity contribution is 8.77. The van der Waals surface area contributed by atoms with Gasteiger partial charge >= 0.3 is 0 Å². The van der Waals surface area contributed by atoms with E-state index in [2.05, 4.69) is 11.0 Å². The molecule has 2 saturated heterocycles. The minimum atomic E-state index is 0.106. The average molecular weight is 379 g/mol. The zero-order chi connectivity index (χ0) is 17.2. The fraction of sp³-hybridized carbons (Fsp3) is 0.684. The monoisotopic (exact) mass is 378 g/mol. The molecule has 0 spiro atoms. The second-order valence-electron chi connectivity index (χ2n) is 7.57. The van der Waals surface area contributed by atoms with Crippen molar-refractivity contribution in [1.82, 2.24) is 9.47 Å². The summed E-state index contributed by atoms with van der Waals surface area (Å²) in [5, 5.41) is 0.809. The molecule has 2 fully saturated rings. The number of piperidine rings is 1. The Morgan fingerprint density at radius 3 is 2.96 bits per heavy atom. The summed E-state index contributed by atoms with van der Waals surface area (Å²) in [6.45, 7) is 2.38. The Kier molecular flexibility index (Phi) is 5.46. The first-order valence-corrected chi connectivity index (χ1v) is 11.8. The highest BCUT2D eigenvalue weighted by atomic mass is 33.1. The molecule has 4 nitrogen and oxygen atoms in total. The van der Waals surface area contributed by atoms with Gasteiger partial charge in [0.2, 0.25) is 5.91 Å². The van der Waals surface area contributed by atoms with Crippen LogP contribution in [0.5, 0.6) is 0 Å². The van der Waals surface area contributed by atoms with Gasteiger partial charge < -0.3 is 9.47 Å². The molecule has 4 heterocycles. The van der Waals surface area contributed by atoms with E-state index in [0.717, 1.165) is 43.4 Å². The van der Waals surface area contributed by atoms with E-state index in [1.54, 1.807) is 6.07 Å². The van der Waals surface area contributed by atoms with Crippen LogP contribution in [0.2, 0.25) is 0 Å². The number of likely N-dealkylation sites (tertiary alicyclic amines) is 1. The Morgan fingerprint density at radius 2 is 2.12 bits per heavy atom. The first-order chi connectivity index (χ1) is 12.2. The van der Waals surface area contributed by atoms with Gasteiger partial charge in [-0.2, -0.15) is 0 Å². The van der Waals surface area contributed by atoms with E-state index in [4.69, 9.17) is 0 Å². The maximum Gasteiger partial charge on any atom is 0.250 e. The van der Waals surface area contributed by atoms with Crippen molar-refractivity contribution in [1.29, 1.82) is 0 Å². The molecule has 0 N–H and O–H groups in total. The zero-order valence-electron chi connectivity index (χ0n) is 14.6. The van der Waals surface area contributed by atoms with Gasteiger partial charge in [0, 0.05) is 54.7 Å². The zero-order valence-corrected chi connectivity index (χ0v) is 16.2. The lowest BCUT2D eigenvalue weighted by atomic mass is 9.83. The van der Waals surface area contributed by atoms with Gasteiger partial charge in [0.1, 0.15) is 0 Å². The smallest absolute Gasteiger partial charge is 0.250 e. The lowest BCUT2D eigenvalue weighted by molar-refractivity contribution is -0.134. The molecule has 0 saturated carbocycles. The summed E-state index contributed by atoms with van der Waals surface area (Å²) in [4.78, 5) is 26.8. The minimum Gasteiger partial charge on any atom is -0.342 e. The number of hydrogen-bond acceptors (Lipinski definition) is 4. The highest BCUT2D eigenvalue weighted by Crippen LogP contribution is 2.40. The maximum absolute atomic E-state index is 12.7. The quantitative estimate of drug-likeness (QED) is 0.581. The Labute approximate surface area is 157 Å². The predicted molar refractivity (Wildman–Crippen MR) is 105 cm³/mol. The molecule has 3 aliphatic rings. The Hall–Kier alpha value is -0.880. The van der Waals surface area contributed by atoms with Crippen LogP contribution >= 0.6 is 21.6 Å². The fourth-order valence-electron chi connectivity index (χ4n) is 4.47. The molecule has 1 aromatic rings. The topological polar surface area (TPSA) is 42.3 Å². The lowest BCUT2D eigenvalue weighted by Crippen LogP contribution is -2.49. The number of hydrogen-bond donors (Lipinski definition) is 0. The van der Waals surface area contributed by atoms with Crippen LogP contribution in [0.4, 0.5) is 0 Å². The van der Waals surface area contributed by atoms with Crippen LogP contribution in [0.15, 0.2) is 23.0 Å². The van der Waals surface area contributed by atoms with E-state index in [0.29, 0.717) is 24.2 Å². The number of pyridine rings is 1. The molecule has 25 heavy (non-hydrogen) atoms. The normalized spacial score (nSPS) is 28.0. The second kappa shape index (κ2) is 7.78. The molecule has 0 aromatic carbocycles. The maximum atomic E-state index is 12.7. The fourth-order valence-corrected chi connectivity index (χ4v) is 7.50. The Balaban J connectivity index is 1.30. The van der Waals surface area contributed by atoms with Crippen molar-refractivity contribution in [2.45, 2.75) is 56.2 Å². The van der Waals surface area contributed by atoms with E-state index in [1.807, 2.05) is 32.2 Å². The van der Waals surface area contributed by atoms with E-state index in [9.17, 15) is 9.59 Å². The number of fused-ring (bicyclic) bond motifs is 4. The van der Waals surface area contributed by atoms with Crippen LogP contribution in [0.3, 0.4) is 0 Å². The molecule has 0 aliphatic carbocycles. The molecular weight excluding hydrogens is 352 g/mol. The number of carbonyl (C=O) groups excluding carboxylic acids is 1. The number of carbonyl (C=O) groups is 1. The number of rotatable bonds is 5. The summed E-state index contributed by atoms with van der Waals surface area (Å²) in [5.41, 5.74) is 1.23. The van der Waals surface area contributed by atoms with Gasteiger partial charge in [0.05, 0.1) is 0 Å². The minimum absolute atomic E-state index is 0.106. The molecular formula is C19H26N2O2S2. The van der Waals surface area contributed by atoms with E-state index < -0.39 is 0 Å². The summed E-state index contributed by atoms with van der Waals surface area (Å²) >= 11 is 0. The SMILES string of the molecule is O=C(CCCCC1CCSS1)N1CC2CC(C1)c1cccc(=O)n1C2. The standard InChI is InChI=1S/C19H26N2O2S2/c22-18(6-2-1-4-16-8-9-24-25-16)20-11-14-10-15(13-20)17-5-3-7-19(23)21(17)12-14/h3,5,7,14-16H,1-2,4,6,8-13H2. The van der Waals surface area contributed by atoms with Crippen molar-refractivity contribution >= 4 is 27.5 Å². The van der Waals surface area contributed by atoms with Crippen LogP contribution in [-0.2, 0) is 11.3 Å². The first kappa shape index (κ1) is 17.5. The summed E-state index contributed by atoms with van der Waals surface area (Å²) in [7, 11) is 4.02. The van der Waals surface area contributed by atoms with Gasteiger partial charge in [-0.1, -0.05) is 34.1 Å². The molecule has 1 aromatic heterocycles. The largest absolute Gasteiger partial charge is 0.342 e. The Morgan fingerprint density at radius 1 is 1.20 bits per heavy atom. The van der Waals surface area contributed by atoms with E-state index >= 15 is 0 Å². The van der Waals surface area contributed by atoms with Gasteiger partial charge in [-0.05, 0) is 37.7 Å². The van der Waals surface area contributed by atoms with Gasteiger partial charge in [-0.3, -0.25) is 9.59 Å².